The Hall–Kier alpha value is -1.92. The molecular formula is C16H21N3O2S. The fourth-order valence-electron chi connectivity index (χ4n) is 2.05. The first-order chi connectivity index (χ1) is 10.3. The van der Waals surface area contributed by atoms with Crippen LogP contribution in [0.3, 0.4) is 0 Å². The summed E-state index contributed by atoms with van der Waals surface area (Å²) >= 11 is 1.56. The smallest absolute Gasteiger partial charge is 0.317 e. The molecule has 2 N–H and O–H groups in total. The topological polar surface area (TPSA) is 65.5 Å². The maximum Gasteiger partial charge on any atom is 0.317 e. The van der Waals surface area contributed by atoms with Gasteiger partial charge in [-0.3, -0.25) is 0 Å². The van der Waals surface area contributed by atoms with Crippen LogP contribution >= 0.6 is 11.3 Å². The summed E-state index contributed by atoms with van der Waals surface area (Å²) in [6, 6.07) is 9.72. The van der Waals surface area contributed by atoms with Gasteiger partial charge in [0, 0.05) is 18.0 Å². The second kappa shape index (κ2) is 6.89. The van der Waals surface area contributed by atoms with Crippen molar-refractivity contribution < 1.29 is 9.90 Å². The third-order valence-electron chi connectivity index (χ3n) is 2.96. The molecule has 0 atom stereocenters. The molecule has 118 valence electrons. The van der Waals surface area contributed by atoms with Crippen LogP contribution in [0.5, 0.6) is 0 Å². The molecule has 0 saturated carbocycles. The number of carbonyl (C=O) groups excluding carboxylic acids is 1. The zero-order valence-electron chi connectivity index (χ0n) is 13.0. The van der Waals surface area contributed by atoms with Gasteiger partial charge in [-0.1, -0.05) is 30.3 Å². The van der Waals surface area contributed by atoms with Gasteiger partial charge in [0.15, 0.2) is 0 Å². The molecule has 6 heteroatoms. The van der Waals surface area contributed by atoms with E-state index >= 15 is 0 Å². The number of aliphatic hydroxyl groups is 1. The summed E-state index contributed by atoms with van der Waals surface area (Å²) in [5.41, 5.74) is 0.991. The summed E-state index contributed by atoms with van der Waals surface area (Å²) < 4.78 is 0. The quantitative estimate of drug-likeness (QED) is 0.890. The summed E-state index contributed by atoms with van der Waals surface area (Å²) in [6.45, 7) is 3.98. The Kier molecular flexibility index (Phi) is 5.15. The van der Waals surface area contributed by atoms with Gasteiger partial charge in [-0.05, 0) is 13.8 Å². The number of aromatic nitrogens is 1. The van der Waals surface area contributed by atoms with Crippen molar-refractivity contribution in [1.82, 2.24) is 15.2 Å². The fourth-order valence-corrected chi connectivity index (χ4v) is 2.88. The molecule has 0 unspecified atom stereocenters. The largest absolute Gasteiger partial charge is 0.389 e. The zero-order chi connectivity index (χ0) is 16.2. The van der Waals surface area contributed by atoms with Gasteiger partial charge in [0.25, 0.3) is 0 Å². The number of carbonyl (C=O) groups is 1. The lowest BCUT2D eigenvalue weighted by Gasteiger charge is -2.25. The molecule has 0 bridgehead atoms. The van der Waals surface area contributed by atoms with Gasteiger partial charge in [-0.2, -0.15) is 0 Å². The molecule has 0 aliphatic carbocycles. The number of hydrogen-bond donors (Lipinski definition) is 2. The lowest BCUT2D eigenvalue weighted by Crippen LogP contribution is -2.44. The molecule has 2 rings (SSSR count). The maximum absolute atomic E-state index is 12.0. The van der Waals surface area contributed by atoms with Crippen molar-refractivity contribution >= 4 is 17.4 Å². The average molecular weight is 319 g/mol. The van der Waals surface area contributed by atoms with Crippen LogP contribution < -0.4 is 5.32 Å². The Morgan fingerprint density at radius 2 is 2.05 bits per heavy atom. The van der Waals surface area contributed by atoms with Crippen LogP contribution in [0, 0.1) is 0 Å². The van der Waals surface area contributed by atoms with E-state index in [-0.39, 0.29) is 12.6 Å². The summed E-state index contributed by atoms with van der Waals surface area (Å²) in [5, 5.41) is 15.4. The summed E-state index contributed by atoms with van der Waals surface area (Å²) in [5.74, 6) is 0. The average Bonchev–Trinajstić information content (AvgIpc) is 2.92. The van der Waals surface area contributed by atoms with Crippen LogP contribution in [0.4, 0.5) is 4.79 Å². The van der Waals surface area contributed by atoms with Crippen molar-refractivity contribution in [3.63, 3.8) is 0 Å². The van der Waals surface area contributed by atoms with E-state index in [0.29, 0.717) is 6.54 Å². The van der Waals surface area contributed by atoms with Crippen molar-refractivity contribution in [2.75, 3.05) is 13.6 Å². The maximum atomic E-state index is 12.0. The second-order valence-corrected chi connectivity index (χ2v) is 6.70. The number of thiazole rings is 1. The Balaban J connectivity index is 1.90. The minimum absolute atomic E-state index is 0.226. The molecule has 2 amide bonds. The molecule has 1 heterocycles. The Bertz CT molecular complexity index is 620. The van der Waals surface area contributed by atoms with Gasteiger partial charge < -0.3 is 15.3 Å². The predicted octanol–water partition coefficient (Wildman–Crippen LogP) is 2.72. The molecule has 5 nitrogen and oxygen atoms in total. The van der Waals surface area contributed by atoms with E-state index < -0.39 is 5.60 Å². The highest BCUT2D eigenvalue weighted by molar-refractivity contribution is 7.13. The second-order valence-electron chi connectivity index (χ2n) is 5.84. The number of urea groups is 1. The molecule has 1 aromatic heterocycles. The lowest BCUT2D eigenvalue weighted by atomic mass is 10.1. The van der Waals surface area contributed by atoms with Crippen LogP contribution in [0.2, 0.25) is 0 Å². The van der Waals surface area contributed by atoms with Crippen LogP contribution in [-0.4, -0.2) is 40.2 Å². The summed E-state index contributed by atoms with van der Waals surface area (Å²) in [7, 11) is 1.66. The molecule has 0 aliphatic rings. The monoisotopic (exact) mass is 319 g/mol. The van der Waals surface area contributed by atoms with Gasteiger partial charge in [0.05, 0.1) is 24.4 Å². The fraction of sp³-hybridized carbons (Fsp3) is 0.375. The molecule has 0 fully saturated rings. The van der Waals surface area contributed by atoms with Gasteiger partial charge in [0.2, 0.25) is 0 Å². The van der Waals surface area contributed by atoms with E-state index in [9.17, 15) is 9.90 Å². The summed E-state index contributed by atoms with van der Waals surface area (Å²) in [6.07, 6.45) is 0. The lowest BCUT2D eigenvalue weighted by molar-refractivity contribution is 0.0531. The number of amides is 2. The van der Waals surface area contributed by atoms with E-state index in [1.165, 1.54) is 4.90 Å². The summed E-state index contributed by atoms with van der Waals surface area (Å²) in [4.78, 5) is 17.9. The van der Waals surface area contributed by atoms with Crippen molar-refractivity contribution in [2.45, 2.75) is 26.0 Å². The molecule has 1 aromatic carbocycles. The predicted molar refractivity (Wildman–Crippen MR) is 88.7 cm³/mol. The van der Waals surface area contributed by atoms with Gasteiger partial charge >= 0.3 is 6.03 Å². The van der Waals surface area contributed by atoms with E-state index in [0.717, 1.165) is 16.3 Å². The normalized spacial score (nSPS) is 11.3. The van der Waals surface area contributed by atoms with Crippen LogP contribution in [-0.2, 0) is 6.54 Å². The van der Waals surface area contributed by atoms with Crippen LogP contribution in [0.15, 0.2) is 35.7 Å². The first kappa shape index (κ1) is 16.5. The number of hydrogen-bond acceptors (Lipinski definition) is 4. The molecule has 0 radical (unpaired) electrons. The van der Waals surface area contributed by atoms with Crippen molar-refractivity contribution in [1.29, 1.82) is 0 Å². The standard InChI is InChI=1S/C16H21N3O2S/c1-16(2,21)11-19(3)15(20)17-9-13-10-22-14(18-13)12-7-5-4-6-8-12/h4-8,10,21H,9,11H2,1-3H3,(H,17,20). The van der Waals surface area contributed by atoms with E-state index in [2.05, 4.69) is 10.3 Å². The first-order valence-electron chi connectivity index (χ1n) is 7.06. The Morgan fingerprint density at radius 1 is 1.36 bits per heavy atom. The molecule has 22 heavy (non-hydrogen) atoms. The van der Waals surface area contributed by atoms with Gasteiger partial charge in [-0.25, -0.2) is 9.78 Å². The van der Waals surface area contributed by atoms with Crippen LogP contribution in [0.25, 0.3) is 10.6 Å². The van der Waals surface area contributed by atoms with E-state index in [1.807, 2.05) is 35.7 Å². The van der Waals surface area contributed by atoms with Crippen molar-refractivity contribution in [3.8, 4) is 10.6 Å². The minimum atomic E-state index is -0.910. The highest BCUT2D eigenvalue weighted by atomic mass is 32.1. The number of benzene rings is 1. The molecule has 0 spiro atoms. The Labute approximate surface area is 134 Å². The van der Waals surface area contributed by atoms with Gasteiger partial charge in [0.1, 0.15) is 5.01 Å². The Morgan fingerprint density at radius 3 is 2.68 bits per heavy atom. The molecule has 0 aliphatic heterocycles. The van der Waals surface area contributed by atoms with E-state index in [1.54, 1.807) is 32.2 Å². The molecule has 0 saturated heterocycles. The third kappa shape index (κ3) is 4.82. The van der Waals surface area contributed by atoms with E-state index in [4.69, 9.17) is 0 Å². The SMILES string of the molecule is CN(CC(C)(C)O)C(=O)NCc1csc(-c2ccccc2)n1. The minimum Gasteiger partial charge on any atom is -0.389 e. The number of nitrogens with one attached hydrogen (secondary N) is 1. The molecule has 2 aromatic rings. The van der Waals surface area contributed by atoms with Crippen LogP contribution in [0.1, 0.15) is 19.5 Å². The molecular weight excluding hydrogens is 298 g/mol. The highest BCUT2D eigenvalue weighted by Crippen LogP contribution is 2.23. The van der Waals surface area contributed by atoms with Gasteiger partial charge in [-0.15, -0.1) is 11.3 Å². The number of likely N-dealkylation sites (N-methyl/N-ethyl adjacent to an activating group) is 1. The highest BCUT2D eigenvalue weighted by Gasteiger charge is 2.19. The number of nitrogens with zero attached hydrogens (tertiary/aromatic N) is 2. The zero-order valence-corrected chi connectivity index (χ0v) is 13.9. The van der Waals surface area contributed by atoms with Crippen molar-refractivity contribution in [2.24, 2.45) is 0 Å². The first-order valence-corrected chi connectivity index (χ1v) is 7.94. The number of rotatable bonds is 5. The third-order valence-corrected chi connectivity index (χ3v) is 3.90. The van der Waals surface area contributed by atoms with Crippen molar-refractivity contribution in [3.05, 3.63) is 41.4 Å².